The van der Waals surface area contributed by atoms with Crippen LogP contribution in [-0.2, 0) is 6.18 Å². The van der Waals surface area contributed by atoms with E-state index in [9.17, 15) is 23.4 Å². The summed E-state index contributed by atoms with van der Waals surface area (Å²) in [4.78, 5) is 0. The number of halogens is 3. The van der Waals surface area contributed by atoms with Crippen molar-refractivity contribution in [2.75, 3.05) is 0 Å². The standard InChI is InChI=1S/C11H13F3O2/c1-10(2,16)9(15)7-3-5-8(6-4-7)11(12,13)14/h3-6,9,15-16H,1-2H3. The van der Waals surface area contributed by atoms with Crippen LogP contribution >= 0.6 is 0 Å². The van der Waals surface area contributed by atoms with Gasteiger partial charge in [0.05, 0.1) is 11.2 Å². The fraction of sp³-hybridized carbons (Fsp3) is 0.455. The van der Waals surface area contributed by atoms with E-state index >= 15 is 0 Å². The minimum absolute atomic E-state index is 0.250. The van der Waals surface area contributed by atoms with Gasteiger partial charge in [0.15, 0.2) is 0 Å². The molecule has 5 heteroatoms. The first-order chi connectivity index (χ1) is 7.12. The van der Waals surface area contributed by atoms with Gasteiger partial charge in [-0.05, 0) is 31.5 Å². The molecule has 0 saturated heterocycles. The molecule has 1 aromatic rings. The summed E-state index contributed by atoms with van der Waals surface area (Å²) in [6.07, 6.45) is -5.60. The Balaban J connectivity index is 2.96. The van der Waals surface area contributed by atoms with Crippen molar-refractivity contribution >= 4 is 0 Å². The molecule has 0 aliphatic rings. The van der Waals surface area contributed by atoms with Crippen LogP contribution in [0.25, 0.3) is 0 Å². The molecule has 0 aliphatic heterocycles. The maximum Gasteiger partial charge on any atom is 0.416 e. The highest BCUT2D eigenvalue weighted by molar-refractivity contribution is 5.27. The summed E-state index contributed by atoms with van der Waals surface area (Å²) in [5.74, 6) is 0. The first-order valence-corrected chi connectivity index (χ1v) is 4.70. The lowest BCUT2D eigenvalue weighted by molar-refractivity contribution is -0.137. The highest BCUT2D eigenvalue weighted by Crippen LogP contribution is 2.31. The Kier molecular flexibility index (Phi) is 3.30. The van der Waals surface area contributed by atoms with Crippen molar-refractivity contribution in [1.29, 1.82) is 0 Å². The van der Waals surface area contributed by atoms with Gasteiger partial charge in [-0.15, -0.1) is 0 Å². The zero-order valence-corrected chi connectivity index (χ0v) is 8.92. The Morgan fingerprint density at radius 1 is 1.06 bits per heavy atom. The molecular formula is C11H13F3O2. The molecule has 1 atom stereocenters. The van der Waals surface area contributed by atoms with Crippen LogP contribution in [0, 0.1) is 0 Å². The Bertz CT molecular complexity index is 349. The molecule has 0 amide bonds. The van der Waals surface area contributed by atoms with E-state index in [1.54, 1.807) is 0 Å². The van der Waals surface area contributed by atoms with Crippen LogP contribution < -0.4 is 0 Å². The van der Waals surface area contributed by atoms with E-state index in [1.807, 2.05) is 0 Å². The lowest BCUT2D eigenvalue weighted by Gasteiger charge is -2.24. The van der Waals surface area contributed by atoms with Crippen LogP contribution in [0.5, 0.6) is 0 Å². The van der Waals surface area contributed by atoms with Gasteiger partial charge in [-0.1, -0.05) is 12.1 Å². The molecule has 2 nitrogen and oxygen atoms in total. The molecule has 0 aliphatic carbocycles. The molecular weight excluding hydrogens is 221 g/mol. The number of aliphatic hydroxyl groups is 2. The molecule has 1 aromatic carbocycles. The topological polar surface area (TPSA) is 40.5 Å². The Morgan fingerprint density at radius 2 is 1.50 bits per heavy atom. The van der Waals surface area contributed by atoms with Crippen LogP contribution in [0.3, 0.4) is 0 Å². The summed E-state index contributed by atoms with van der Waals surface area (Å²) in [6.45, 7) is 2.77. The molecule has 1 unspecified atom stereocenters. The summed E-state index contributed by atoms with van der Waals surface area (Å²) in [6, 6.07) is 4.07. The van der Waals surface area contributed by atoms with Crippen LogP contribution in [-0.4, -0.2) is 15.8 Å². The predicted molar refractivity (Wildman–Crippen MR) is 52.7 cm³/mol. The van der Waals surface area contributed by atoms with E-state index in [1.165, 1.54) is 13.8 Å². The lowest BCUT2D eigenvalue weighted by atomic mass is 9.94. The Labute approximate surface area is 91.3 Å². The van der Waals surface area contributed by atoms with Crippen molar-refractivity contribution < 1.29 is 23.4 Å². The van der Waals surface area contributed by atoms with Gasteiger partial charge in [-0.3, -0.25) is 0 Å². The van der Waals surface area contributed by atoms with Crippen molar-refractivity contribution in [3.63, 3.8) is 0 Å². The van der Waals surface area contributed by atoms with Crippen molar-refractivity contribution in [3.05, 3.63) is 35.4 Å². The van der Waals surface area contributed by atoms with Crippen LogP contribution in [0.4, 0.5) is 13.2 Å². The fourth-order valence-corrected chi connectivity index (χ4v) is 1.26. The number of rotatable bonds is 2. The molecule has 0 saturated carbocycles. The van der Waals surface area contributed by atoms with Gasteiger partial charge >= 0.3 is 6.18 Å². The van der Waals surface area contributed by atoms with Gasteiger partial charge in [0.1, 0.15) is 6.10 Å². The number of hydrogen-bond acceptors (Lipinski definition) is 2. The molecule has 0 fully saturated rings. The third-order valence-electron chi connectivity index (χ3n) is 2.22. The van der Waals surface area contributed by atoms with Crippen LogP contribution in [0.1, 0.15) is 31.1 Å². The maximum absolute atomic E-state index is 12.2. The average molecular weight is 234 g/mol. The quantitative estimate of drug-likeness (QED) is 0.825. The van der Waals surface area contributed by atoms with E-state index in [2.05, 4.69) is 0 Å². The predicted octanol–water partition coefficient (Wildman–Crippen LogP) is 2.51. The zero-order chi connectivity index (χ0) is 12.6. The van der Waals surface area contributed by atoms with Crippen LogP contribution in [0.15, 0.2) is 24.3 Å². The zero-order valence-electron chi connectivity index (χ0n) is 8.92. The fourth-order valence-electron chi connectivity index (χ4n) is 1.26. The van der Waals surface area contributed by atoms with Crippen LogP contribution in [0.2, 0.25) is 0 Å². The lowest BCUT2D eigenvalue weighted by Crippen LogP contribution is -2.28. The van der Waals surface area contributed by atoms with Gasteiger partial charge in [0, 0.05) is 0 Å². The normalized spacial score (nSPS) is 14.9. The molecule has 16 heavy (non-hydrogen) atoms. The van der Waals surface area contributed by atoms with Crippen molar-refractivity contribution in [3.8, 4) is 0 Å². The van der Waals surface area contributed by atoms with Gasteiger partial charge < -0.3 is 10.2 Å². The van der Waals surface area contributed by atoms with Crippen molar-refractivity contribution in [1.82, 2.24) is 0 Å². The van der Waals surface area contributed by atoms with Gasteiger partial charge in [0.25, 0.3) is 0 Å². The van der Waals surface area contributed by atoms with Gasteiger partial charge in [-0.2, -0.15) is 13.2 Å². The highest BCUT2D eigenvalue weighted by Gasteiger charge is 2.31. The number of alkyl halides is 3. The third-order valence-corrected chi connectivity index (χ3v) is 2.22. The molecule has 2 N–H and O–H groups in total. The molecule has 90 valence electrons. The Morgan fingerprint density at radius 3 is 1.81 bits per heavy atom. The SMILES string of the molecule is CC(C)(O)C(O)c1ccc(C(F)(F)F)cc1. The largest absolute Gasteiger partial charge is 0.416 e. The first kappa shape index (κ1) is 13.0. The second kappa shape index (κ2) is 4.07. The number of aliphatic hydroxyl groups excluding tert-OH is 1. The minimum Gasteiger partial charge on any atom is -0.387 e. The van der Waals surface area contributed by atoms with Crippen molar-refractivity contribution in [2.45, 2.75) is 31.7 Å². The maximum atomic E-state index is 12.2. The van der Waals surface area contributed by atoms with E-state index in [-0.39, 0.29) is 5.56 Å². The van der Waals surface area contributed by atoms with E-state index < -0.39 is 23.4 Å². The van der Waals surface area contributed by atoms with E-state index in [0.29, 0.717) is 0 Å². The molecule has 0 heterocycles. The molecule has 1 rings (SSSR count). The first-order valence-electron chi connectivity index (χ1n) is 4.70. The molecule has 0 bridgehead atoms. The summed E-state index contributed by atoms with van der Waals surface area (Å²) in [5, 5.41) is 19.1. The van der Waals surface area contributed by atoms with Gasteiger partial charge in [-0.25, -0.2) is 0 Å². The summed E-state index contributed by atoms with van der Waals surface area (Å²) in [7, 11) is 0. The number of benzene rings is 1. The third kappa shape index (κ3) is 2.96. The Hall–Kier alpha value is -1.07. The molecule has 0 spiro atoms. The molecule has 0 radical (unpaired) electrons. The summed E-state index contributed by atoms with van der Waals surface area (Å²) in [5.41, 5.74) is -1.92. The molecule has 0 aromatic heterocycles. The highest BCUT2D eigenvalue weighted by atomic mass is 19.4. The second-order valence-corrected chi connectivity index (χ2v) is 4.18. The van der Waals surface area contributed by atoms with Crippen molar-refractivity contribution in [2.24, 2.45) is 0 Å². The number of hydrogen-bond donors (Lipinski definition) is 2. The average Bonchev–Trinajstić information content (AvgIpc) is 2.14. The summed E-state index contributed by atoms with van der Waals surface area (Å²) >= 11 is 0. The monoisotopic (exact) mass is 234 g/mol. The van der Waals surface area contributed by atoms with E-state index in [0.717, 1.165) is 24.3 Å². The second-order valence-electron chi connectivity index (χ2n) is 4.18. The van der Waals surface area contributed by atoms with Gasteiger partial charge in [0.2, 0.25) is 0 Å². The van der Waals surface area contributed by atoms with E-state index in [4.69, 9.17) is 0 Å². The minimum atomic E-state index is -4.39. The smallest absolute Gasteiger partial charge is 0.387 e. The summed E-state index contributed by atoms with van der Waals surface area (Å²) < 4.78 is 36.7.